The lowest BCUT2D eigenvalue weighted by molar-refractivity contribution is -0.00955. The molecule has 0 radical (unpaired) electrons. The van der Waals surface area contributed by atoms with E-state index in [1.807, 2.05) is 6.07 Å². The molecule has 4 unspecified atom stereocenters. The van der Waals surface area contributed by atoms with Crippen molar-refractivity contribution in [3.63, 3.8) is 0 Å². The van der Waals surface area contributed by atoms with Gasteiger partial charge in [-0.05, 0) is 86.5 Å². The quantitative estimate of drug-likeness (QED) is 0.453. The maximum atomic E-state index is 14.6. The van der Waals surface area contributed by atoms with Crippen molar-refractivity contribution in [3.8, 4) is 16.9 Å². The number of ether oxygens (including phenoxy) is 2. The lowest BCUT2D eigenvalue weighted by Crippen LogP contribution is -2.33. The normalized spacial score (nSPS) is 26.1. The highest BCUT2D eigenvalue weighted by molar-refractivity contribution is 5.65. The minimum Gasteiger partial charge on any atom is -0.489 e. The summed E-state index contributed by atoms with van der Waals surface area (Å²) in [6, 6.07) is 13.6. The standard InChI is InChI=1S/C27H33FO2/c1-3-15-30-25-13-14-26(27(28)18-25)20-7-5-19(6-8-20)21-9-10-23-17-24(29-4-2)12-11-22(23)16-21/h3,5-8,13-14,18,21-24H,1,4,9-12,15-17H2,2H3. The van der Waals surface area contributed by atoms with Crippen LogP contribution in [0.15, 0.2) is 55.1 Å². The summed E-state index contributed by atoms with van der Waals surface area (Å²) in [5.74, 6) is 2.57. The molecular weight excluding hydrogens is 375 g/mol. The summed E-state index contributed by atoms with van der Waals surface area (Å²) in [7, 11) is 0. The van der Waals surface area contributed by atoms with E-state index >= 15 is 0 Å². The van der Waals surface area contributed by atoms with Gasteiger partial charge in [0.2, 0.25) is 0 Å². The van der Waals surface area contributed by atoms with Gasteiger partial charge < -0.3 is 9.47 Å². The summed E-state index contributed by atoms with van der Waals surface area (Å²) in [6.45, 7) is 6.93. The molecule has 160 valence electrons. The van der Waals surface area contributed by atoms with Crippen LogP contribution >= 0.6 is 0 Å². The molecule has 2 saturated carbocycles. The smallest absolute Gasteiger partial charge is 0.134 e. The van der Waals surface area contributed by atoms with Gasteiger partial charge in [0, 0.05) is 18.2 Å². The highest BCUT2D eigenvalue weighted by Crippen LogP contribution is 2.46. The molecule has 2 aliphatic rings. The average molecular weight is 409 g/mol. The minimum atomic E-state index is -0.254. The highest BCUT2D eigenvalue weighted by Gasteiger charge is 2.36. The highest BCUT2D eigenvalue weighted by atomic mass is 19.1. The lowest BCUT2D eigenvalue weighted by Gasteiger charge is -2.42. The summed E-state index contributed by atoms with van der Waals surface area (Å²) in [5, 5.41) is 0. The average Bonchev–Trinajstić information content (AvgIpc) is 2.78. The Hall–Kier alpha value is -2.13. The molecule has 0 bridgehead atoms. The first-order valence-corrected chi connectivity index (χ1v) is 11.4. The van der Waals surface area contributed by atoms with Gasteiger partial charge >= 0.3 is 0 Å². The van der Waals surface area contributed by atoms with Crippen molar-refractivity contribution in [3.05, 3.63) is 66.5 Å². The monoisotopic (exact) mass is 408 g/mol. The minimum absolute atomic E-state index is 0.254. The van der Waals surface area contributed by atoms with Gasteiger partial charge in [-0.1, -0.05) is 36.9 Å². The van der Waals surface area contributed by atoms with Crippen LogP contribution in [0, 0.1) is 17.7 Å². The van der Waals surface area contributed by atoms with Gasteiger partial charge in [-0.25, -0.2) is 4.39 Å². The molecule has 0 N–H and O–H groups in total. The van der Waals surface area contributed by atoms with E-state index in [0.717, 1.165) is 24.0 Å². The van der Waals surface area contributed by atoms with Crippen molar-refractivity contribution in [2.75, 3.05) is 13.2 Å². The van der Waals surface area contributed by atoms with Crippen LogP contribution in [-0.4, -0.2) is 19.3 Å². The third-order valence-corrected chi connectivity index (χ3v) is 6.97. The summed E-state index contributed by atoms with van der Waals surface area (Å²) >= 11 is 0. The Morgan fingerprint density at radius 3 is 2.50 bits per heavy atom. The van der Waals surface area contributed by atoms with Gasteiger partial charge in [0.25, 0.3) is 0 Å². The molecule has 30 heavy (non-hydrogen) atoms. The van der Waals surface area contributed by atoms with Crippen LogP contribution in [0.2, 0.25) is 0 Å². The van der Waals surface area contributed by atoms with Crippen molar-refractivity contribution < 1.29 is 13.9 Å². The zero-order chi connectivity index (χ0) is 20.9. The summed E-state index contributed by atoms with van der Waals surface area (Å²) in [4.78, 5) is 0. The van der Waals surface area contributed by atoms with Crippen LogP contribution in [0.4, 0.5) is 4.39 Å². The van der Waals surface area contributed by atoms with Gasteiger partial charge in [-0.2, -0.15) is 0 Å². The van der Waals surface area contributed by atoms with Crippen LogP contribution in [0.5, 0.6) is 5.75 Å². The van der Waals surface area contributed by atoms with E-state index in [1.54, 1.807) is 12.1 Å². The number of rotatable bonds is 7. The molecular formula is C27H33FO2. The number of halogens is 1. The predicted molar refractivity (Wildman–Crippen MR) is 120 cm³/mol. The molecule has 0 aromatic heterocycles. The lowest BCUT2D eigenvalue weighted by atomic mass is 9.65. The third kappa shape index (κ3) is 4.78. The molecule has 0 saturated heterocycles. The maximum absolute atomic E-state index is 14.6. The summed E-state index contributed by atoms with van der Waals surface area (Å²) < 4.78 is 25.9. The van der Waals surface area contributed by atoms with Crippen LogP contribution in [0.1, 0.15) is 56.9 Å². The Morgan fingerprint density at radius 1 is 1.00 bits per heavy atom. The molecule has 0 amide bonds. The maximum Gasteiger partial charge on any atom is 0.134 e. The van der Waals surface area contributed by atoms with E-state index < -0.39 is 0 Å². The van der Waals surface area contributed by atoms with Gasteiger partial charge in [0.05, 0.1) is 6.10 Å². The Morgan fingerprint density at radius 2 is 1.77 bits per heavy atom. The number of fused-ring (bicyclic) bond motifs is 1. The van der Waals surface area contributed by atoms with E-state index in [2.05, 4.69) is 37.8 Å². The second-order valence-electron chi connectivity index (χ2n) is 8.78. The molecule has 0 spiro atoms. The SMILES string of the molecule is C=CCOc1ccc(-c2ccc(C3CCC4CC(OCC)CCC4C3)cc2)c(F)c1. The summed E-state index contributed by atoms with van der Waals surface area (Å²) in [6.07, 6.45) is 9.74. The largest absolute Gasteiger partial charge is 0.489 e. The molecule has 2 nitrogen and oxygen atoms in total. The van der Waals surface area contributed by atoms with Crippen molar-refractivity contribution in [1.82, 2.24) is 0 Å². The topological polar surface area (TPSA) is 18.5 Å². The fourth-order valence-electron chi connectivity index (χ4n) is 5.45. The fourth-order valence-corrected chi connectivity index (χ4v) is 5.45. The van der Waals surface area contributed by atoms with Crippen molar-refractivity contribution >= 4 is 0 Å². The Labute approximate surface area is 180 Å². The Bertz CT molecular complexity index is 844. The van der Waals surface area contributed by atoms with Crippen LogP contribution in [0.25, 0.3) is 11.1 Å². The first-order valence-electron chi connectivity index (χ1n) is 11.4. The van der Waals surface area contributed by atoms with Crippen molar-refractivity contribution in [2.24, 2.45) is 11.8 Å². The molecule has 2 fully saturated rings. The second kappa shape index (κ2) is 9.78. The number of benzene rings is 2. The Balaban J connectivity index is 1.40. The van der Waals surface area contributed by atoms with Gasteiger partial charge in [0.15, 0.2) is 0 Å². The van der Waals surface area contributed by atoms with Gasteiger partial charge in [0.1, 0.15) is 18.2 Å². The fraction of sp³-hybridized carbons (Fsp3) is 0.481. The van der Waals surface area contributed by atoms with E-state index in [9.17, 15) is 4.39 Å². The molecule has 0 heterocycles. The van der Waals surface area contributed by atoms with E-state index in [-0.39, 0.29) is 5.82 Å². The number of hydrogen-bond acceptors (Lipinski definition) is 2. The molecule has 2 aliphatic carbocycles. The zero-order valence-corrected chi connectivity index (χ0v) is 18.0. The van der Waals surface area contributed by atoms with E-state index in [4.69, 9.17) is 9.47 Å². The molecule has 4 atom stereocenters. The predicted octanol–water partition coefficient (Wildman–Crippen LogP) is 7.15. The van der Waals surface area contributed by atoms with E-state index in [1.165, 1.54) is 50.2 Å². The molecule has 4 rings (SSSR count). The first-order chi connectivity index (χ1) is 14.7. The van der Waals surface area contributed by atoms with Crippen LogP contribution in [0.3, 0.4) is 0 Å². The van der Waals surface area contributed by atoms with Crippen LogP contribution in [-0.2, 0) is 4.74 Å². The van der Waals surface area contributed by atoms with Crippen molar-refractivity contribution in [2.45, 2.75) is 57.5 Å². The van der Waals surface area contributed by atoms with Gasteiger partial charge in [-0.3, -0.25) is 0 Å². The van der Waals surface area contributed by atoms with Gasteiger partial charge in [-0.15, -0.1) is 0 Å². The number of hydrogen-bond donors (Lipinski definition) is 0. The second-order valence-corrected chi connectivity index (χ2v) is 8.78. The molecule has 2 aromatic carbocycles. The third-order valence-electron chi connectivity index (χ3n) is 6.97. The zero-order valence-electron chi connectivity index (χ0n) is 18.0. The van der Waals surface area contributed by atoms with E-state index in [0.29, 0.717) is 29.9 Å². The Kier molecular flexibility index (Phi) is 6.89. The van der Waals surface area contributed by atoms with Crippen molar-refractivity contribution in [1.29, 1.82) is 0 Å². The van der Waals surface area contributed by atoms with Crippen LogP contribution < -0.4 is 4.74 Å². The molecule has 2 aromatic rings. The first kappa shape index (κ1) is 21.1. The molecule has 0 aliphatic heterocycles. The molecule has 3 heteroatoms. The summed E-state index contributed by atoms with van der Waals surface area (Å²) in [5.41, 5.74) is 2.93.